The molecule has 3 atom stereocenters. The van der Waals surface area contributed by atoms with Crippen molar-refractivity contribution in [2.75, 3.05) is 26.2 Å². The fraction of sp³-hybridized carbons (Fsp3) is 0.706. The van der Waals surface area contributed by atoms with E-state index in [9.17, 15) is 5.11 Å². The van der Waals surface area contributed by atoms with Gasteiger partial charge in [-0.1, -0.05) is 18.9 Å². The van der Waals surface area contributed by atoms with Crippen LogP contribution in [0.2, 0.25) is 0 Å². The normalized spacial score (nSPS) is 30.2. The van der Waals surface area contributed by atoms with E-state index < -0.39 is 0 Å². The molecule has 1 saturated heterocycles. The quantitative estimate of drug-likeness (QED) is 0.924. The summed E-state index contributed by atoms with van der Waals surface area (Å²) in [5.41, 5.74) is 1.30. The van der Waals surface area contributed by atoms with Crippen molar-refractivity contribution in [2.24, 2.45) is 0 Å². The number of pyridine rings is 1. The monoisotopic (exact) mass is 289 g/mol. The highest BCUT2D eigenvalue weighted by Gasteiger charge is 2.31. The summed E-state index contributed by atoms with van der Waals surface area (Å²) in [6.07, 6.45) is 8.31. The zero-order valence-corrected chi connectivity index (χ0v) is 13.0. The number of rotatable bonds is 3. The highest BCUT2D eigenvalue weighted by Crippen LogP contribution is 2.26. The van der Waals surface area contributed by atoms with Gasteiger partial charge in [0.25, 0.3) is 0 Å². The third-order valence-corrected chi connectivity index (χ3v) is 5.23. The van der Waals surface area contributed by atoms with E-state index in [2.05, 4.69) is 27.8 Å². The highest BCUT2D eigenvalue weighted by molar-refractivity contribution is 5.13. The average molecular weight is 289 g/mol. The molecule has 1 aliphatic carbocycles. The summed E-state index contributed by atoms with van der Waals surface area (Å²) in [6.45, 7) is 6.58. The van der Waals surface area contributed by atoms with Crippen molar-refractivity contribution in [3.05, 3.63) is 30.1 Å². The molecule has 1 aromatic heterocycles. The second kappa shape index (κ2) is 6.86. The molecule has 116 valence electrons. The zero-order valence-electron chi connectivity index (χ0n) is 13.0. The van der Waals surface area contributed by atoms with Crippen molar-refractivity contribution in [1.29, 1.82) is 0 Å². The Morgan fingerprint density at radius 1 is 1.19 bits per heavy atom. The van der Waals surface area contributed by atoms with Crippen LogP contribution in [-0.4, -0.2) is 58.2 Å². The van der Waals surface area contributed by atoms with Gasteiger partial charge in [-0.15, -0.1) is 0 Å². The molecule has 2 heterocycles. The number of aliphatic hydroxyl groups excluding tert-OH is 1. The fourth-order valence-corrected chi connectivity index (χ4v) is 3.81. The van der Waals surface area contributed by atoms with Crippen LogP contribution in [0.4, 0.5) is 0 Å². The third kappa shape index (κ3) is 3.44. The third-order valence-electron chi connectivity index (χ3n) is 5.23. The number of nitrogens with zero attached hydrogens (tertiary/aromatic N) is 3. The van der Waals surface area contributed by atoms with Gasteiger partial charge in [-0.05, 0) is 31.4 Å². The number of hydrogen-bond donors (Lipinski definition) is 1. The summed E-state index contributed by atoms with van der Waals surface area (Å²) in [5, 5.41) is 10.2. The Morgan fingerprint density at radius 3 is 2.62 bits per heavy atom. The Hall–Kier alpha value is -0.970. The minimum atomic E-state index is -0.110. The molecular weight excluding hydrogens is 262 g/mol. The van der Waals surface area contributed by atoms with E-state index in [1.165, 1.54) is 24.8 Å². The molecule has 3 unspecified atom stereocenters. The van der Waals surface area contributed by atoms with Gasteiger partial charge in [-0.25, -0.2) is 0 Å². The second-order valence-corrected chi connectivity index (χ2v) is 6.45. The maximum Gasteiger partial charge on any atom is 0.0695 e. The van der Waals surface area contributed by atoms with Crippen LogP contribution in [0.5, 0.6) is 0 Å². The number of aromatic nitrogens is 1. The summed E-state index contributed by atoms with van der Waals surface area (Å²) in [5.74, 6) is 0. The molecule has 2 fully saturated rings. The van der Waals surface area contributed by atoms with Crippen molar-refractivity contribution in [2.45, 2.75) is 50.8 Å². The Morgan fingerprint density at radius 2 is 1.95 bits per heavy atom. The first-order valence-electron chi connectivity index (χ1n) is 8.32. The van der Waals surface area contributed by atoms with E-state index in [0.29, 0.717) is 12.1 Å². The summed E-state index contributed by atoms with van der Waals surface area (Å²) < 4.78 is 0. The first-order chi connectivity index (χ1) is 10.3. The lowest BCUT2D eigenvalue weighted by Gasteiger charge is -2.44. The lowest BCUT2D eigenvalue weighted by Crippen LogP contribution is -2.54. The molecule has 1 N–H and O–H groups in total. The largest absolute Gasteiger partial charge is 0.391 e. The number of aliphatic hydroxyl groups is 1. The Kier molecular flexibility index (Phi) is 4.88. The van der Waals surface area contributed by atoms with Gasteiger partial charge in [0.1, 0.15) is 0 Å². The van der Waals surface area contributed by atoms with Gasteiger partial charge in [0, 0.05) is 50.7 Å². The van der Waals surface area contributed by atoms with Crippen molar-refractivity contribution < 1.29 is 5.11 Å². The molecule has 1 saturated carbocycles. The number of hydrogen-bond acceptors (Lipinski definition) is 4. The smallest absolute Gasteiger partial charge is 0.0695 e. The van der Waals surface area contributed by atoms with Crippen LogP contribution in [0.1, 0.15) is 44.2 Å². The molecule has 2 aliphatic rings. The lowest BCUT2D eigenvalue weighted by molar-refractivity contribution is -0.00957. The van der Waals surface area contributed by atoms with Gasteiger partial charge in [-0.2, -0.15) is 0 Å². The summed E-state index contributed by atoms with van der Waals surface area (Å²) in [4.78, 5) is 9.27. The maximum atomic E-state index is 10.2. The Bertz CT molecular complexity index is 431. The van der Waals surface area contributed by atoms with E-state index in [1.807, 2.05) is 18.5 Å². The molecule has 21 heavy (non-hydrogen) atoms. The van der Waals surface area contributed by atoms with Crippen molar-refractivity contribution in [1.82, 2.24) is 14.8 Å². The van der Waals surface area contributed by atoms with Crippen LogP contribution >= 0.6 is 0 Å². The Labute approximate surface area is 127 Å². The second-order valence-electron chi connectivity index (χ2n) is 6.45. The highest BCUT2D eigenvalue weighted by atomic mass is 16.3. The zero-order chi connectivity index (χ0) is 14.7. The molecule has 1 aromatic rings. The van der Waals surface area contributed by atoms with Crippen molar-refractivity contribution in [3.8, 4) is 0 Å². The molecule has 4 heteroatoms. The molecule has 4 nitrogen and oxygen atoms in total. The molecule has 0 spiro atoms. The first kappa shape index (κ1) is 14.9. The van der Waals surface area contributed by atoms with Crippen molar-refractivity contribution >= 4 is 0 Å². The molecule has 0 radical (unpaired) electrons. The number of piperazine rings is 1. The molecule has 0 aromatic carbocycles. The standard InChI is InChI=1S/C17H27N3O/c1-14(15-5-4-8-18-13-15)19-9-11-20(12-10-19)16-6-2-3-7-17(16)21/h4-5,8,13-14,16-17,21H,2-3,6-7,9-12H2,1H3. The van der Waals surface area contributed by atoms with E-state index in [4.69, 9.17) is 0 Å². The van der Waals surface area contributed by atoms with E-state index in [-0.39, 0.29) is 6.10 Å². The van der Waals surface area contributed by atoms with Gasteiger partial charge >= 0.3 is 0 Å². The minimum Gasteiger partial charge on any atom is -0.391 e. The van der Waals surface area contributed by atoms with Gasteiger partial charge in [-0.3, -0.25) is 14.8 Å². The average Bonchev–Trinajstić information content (AvgIpc) is 2.56. The SMILES string of the molecule is CC(c1cccnc1)N1CCN(C2CCCCC2O)CC1. The van der Waals surface area contributed by atoms with Crippen molar-refractivity contribution in [3.63, 3.8) is 0 Å². The van der Waals surface area contributed by atoms with E-state index in [1.54, 1.807) is 0 Å². The molecule has 0 amide bonds. The minimum absolute atomic E-state index is 0.110. The predicted molar refractivity (Wildman–Crippen MR) is 84.1 cm³/mol. The fourth-order valence-electron chi connectivity index (χ4n) is 3.81. The topological polar surface area (TPSA) is 39.6 Å². The van der Waals surface area contributed by atoms with Gasteiger partial charge in [0.2, 0.25) is 0 Å². The van der Waals surface area contributed by atoms with Gasteiger partial charge in [0.15, 0.2) is 0 Å². The van der Waals surface area contributed by atoms with E-state index >= 15 is 0 Å². The summed E-state index contributed by atoms with van der Waals surface area (Å²) in [7, 11) is 0. The van der Waals surface area contributed by atoms with Crippen LogP contribution in [0.15, 0.2) is 24.5 Å². The Balaban J connectivity index is 1.55. The lowest BCUT2D eigenvalue weighted by atomic mass is 9.91. The van der Waals surface area contributed by atoms with Crippen LogP contribution in [-0.2, 0) is 0 Å². The summed E-state index contributed by atoms with van der Waals surface area (Å²) in [6, 6.07) is 5.00. The first-order valence-corrected chi connectivity index (χ1v) is 8.32. The molecule has 3 rings (SSSR count). The predicted octanol–water partition coefficient (Wildman–Crippen LogP) is 2.06. The van der Waals surface area contributed by atoms with E-state index in [0.717, 1.165) is 32.6 Å². The van der Waals surface area contributed by atoms with Crippen LogP contribution < -0.4 is 0 Å². The van der Waals surface area contributed by atoms with Gasteiger partial charge < -0.3 is 5.11 Å². The van der Waals surface area contributed by atoms with Gasteiger partial charge in [0.05, 0.1) is 6.10 Å². The van der Waals surface area contributed by atoms with Crippen LogP contribution in [0, 0.1) is 0 Å². The molecular formula is C17H27N3O. The molecule has 0 bridgehead atoms. The summed E-state index contributed by atoms with van der Waals surface area (Å²) >= 11 is 0. The van der Waals surface area contributed by atoms with Crippen LogP contribution in [0.25, 0.3) is 0 Å². The maximum absolute atomic E-state index is 10.2. The molecule has 1 aliphatic heterocycles. The van der Waals surface area contributed by atoms with Crippen LogP contribution in [0.3, 0.4) is 0 Å².